The average Bonchev–Trinajstić information content (AvgIpc) is 2.61. The van der Waals surface area contributed by atoms with Crippen LogP contribution in [0.25, 0.3) is 0 Å². The van der Waals surface area contributed by atoms with Gasteiger partial charge in [-0.15, -0.1) is 0 Å². The molecule has 0 heterocycles. The van der Waals surface area contributed by atoms with Crippen molar-refractivity contribution in [3.63, 3.8) is 0 Å². The van der Waals surface area contributed by atoms with E-state index < -0.39 is 24.7 Å². The van der Waals surface area contributed by atoms with E-state index >= 15 is 0 Å². The Morgan fingerprint density at radius 2 is 1.59 bits per heavy atom. The summed E-state index contributed by atoms with van der Waals surface area (Å²) in [6.45, 7) is 15.2. The van der Waals surface area contributed by atoms with Crippen LogP contribution in [0.2, 0.25) is 39.9 Å². The zero-order valence-electron chi connectivity index (χ0n) is 16.6. The van der Waals surface area contributed by atoms with Crippen molar-refractivity contribution in [2.24, 2.45) is 5.92 Å². The zero-order chi connectivity index (χ0) is 16.9. The zero-order valence-corrected chi connectivity index (χ0v) is 19.2. The van der Waals surface area contributed by atoms with Gasteiger partial charge in [0.25, 0.3) is 0 Å². The van der Waals surface area contributed by atoms with Gasteiger partial charge >= 0.3 is 144 Å². The molecule has 0 fully saturated rings. The van der Waals surface area contributed by atoms with Gasteiger partial charge in [0.1, 0.15) is 0 Å². The van der Waals surface area contributed by atoms with E-state index in [4.69, 9.17) is 0 Å². The molecule has 0 saturated heterocycles. The summed E-state index contributed by atoms with van der Waals surface area (Å²) in [7, 11) is -1.25. The molecular weight excluding hydrogens is 316 g/mol. The van der Waals surface area contributed by atoms with Crippen LogP contribution in [-0.4, -0.2) is 8.07 Å². The third-order valence-electron chi connectivity index (χ3n) is 6.59. The van der Waals surface area contributed by atoms with Crippen LogP contribution < -0.4 is 0 Å². The molecule has 126 valence electrons. The summed E-state index contributed by atoms with van der Waals surface area (Å²) in [6, 6.07) is 1.43. The van der Waals surface area contributed by atoms with Crippen molar-refractivity contribution < 1.29 is 16.6 Å². The molecule has 2 heteroatoms. The molecule has 0 radical (unpaired) electrons. The number of hydrogen-bond acceptors (Lipinski definition) is 0. The molecule has 0 bridgehead atoms. The Kier molecular flexibility index (Phi) is 5.15. The first-order chi connectivity index (χ1) is 9.86. The van der Waals surface area contributed by atoms with Crippen LogP contribution in [0.5, 0.6) is 0 Å². The van der Waals surface area contributed by atoms with Crippen molar-refractivity contribution in [3.8, 4) is 0 Å². The molecule has 0 aromatic heterocycles. The summed E-state index contributed by atoms with van der Waals surface area (Å²) in [5, 5.41) is 8.37. The van der Waals surface area contributed by atoms with Gasteiger partial charge in [0.2, 0.25) is 0 Å². The van der Waals surface area contributed by atoms with Gasteiger partial charge in [-0.1, -0.05) is 0 Å². The molecule has 0 saturated carbocycles. The fourth-order valence-corrected chi connectivity index (χ4v) is 10.3. The molecule has 0 N–H and O–H groups in total. The van der Waals surface area contributed by atoms with E-state index in [1.807, 2.05) is 20.6 Å². The topological polar surface area (TPSA) is 0 Å². The van der Waals surface area contributed by atoms with Crippen LogP contribution in [0.1, 0.15) is 53.4 Å². The number of rotatable bonds is 3. The Balaban J connectivity index is 2.47. The normalized spacial score (nSPS) is 24.1. The van der Waals surface area contributed by atoms with E-state index in [0.717, 1.165) is 5.92 Å². The van der Waals surface area contributed by atoms with E-state index in [2.05, 4.69) is 56.5 Å². The van der Waals surface area contributed by atoms with Crippen molar-refractivity contribution in [1.82, 2.24) is 0 Å². The van der Waals surface area contributed by atoms with Crippen molar-refractivity contribution in [2.75, 3.05) is 0 Å². The van der Waals surface area contributed by atoms with Gasteiger partial charge in [-0.25, -0.2) is 0 Å². The molecule has 0 amide bonds. The molecule has 22 heavy (non-hydrogen) atoms. The summed E-state index contributed by atoms with van der Waals surface area (Å²) in [6.07, 6.45) is 5.64. The average molecular weight is 354 g/mol. The SMILES string of the molecule is CC1C2=C(CCCC2)[C]([Ti]([CH3])([CH3])[CH3])=C1C[Si](C)(C)C(C)(C)C. The Labute approximate surface area is 144 Å². The Morgan fingerprint density at radius 1 is 1.05 bits per heavy atom. The standard InChI is InChI=1S/C17H29Si.3CH3.Ti/c1-13-15(12-18(5,6)17(2,3)4)11-14-9-7-8-10-16(13)14;;;;/h13H,7-10,12H2,1-6H3;3*1H3;. The molecular formula is C20H38SiTi. The van der Waals surface area contributed by atoms with Gasteiger partial charge in [0, 0.05) is 0 Å². The maximum atomic E-state index is 2.62. The summed E-state index contributed by atoms with van der Waals surface area (Å²) in [4.78, 5) is 0. The Morgan fingerprint density at radius 3 is 2.09 bits per heavy atom. The second-order valence-electron chi connectivity index (χ2n) is 10.4. The summed E-state index contributed by atoms with van der Waals surface area (Å²) < 4.78 is 1.95. The van der Waals surface area contributed by atoms with Crippen LogP contribution >= 0.6 is 0 Å². The minimum absolute atomic E-state index is 0.499. The van der Waals surface area contributed by atoms with Crippen LogP contribution in [-0.2, 0) is 16.6 Å². The molecule has 0 nitrogen and oxygen atoms in total. The van der Waals surface area contributed by atoms with Gasteiger partial charge < -0.3 is 0 Å². The van der Waals surface area contributed by atoms with Crippen LogP contribution in [0, 0.1) is 5.92 Å². The van der Waals surface area contributed by atoms with Crippen LogP contribution in [0.3, 0.4) is 0 Å². The molecule has 2 aliphatic carbocycles. The summed E-state index contributed by atoms with van der Waals surface area (Å²) in [5.74, 6) is 0.768. The molecule has 2 rings (SSSR count). The molecule has 1 atom stereocenters. The fourth-order valence-electron chi connectivity index (χ4n) is 4.23. The molecule has 0 aliphatic heterocycles. The molecule has 0 aromatic carbocycles. The van der Waals surface area contributed by atoms with E-state index in [1.54, 1.807) is 0 Å². The molecule has 1 unspecified atom stereocenters. The van der Waals surface area contributed by atoms with Crippen molar-refractivity contribution in [1.29, 1.82) is 0 Å². The van der Waals surface area contributed by atoms with E-state index in [-0.39, 0.29) is 0 Å². The van der Waals surface area contributed by atoms with Gasteiger partial charge in [0.15, 0.2) is 0 Å². The molecule has 2 aliphatic rings. The second-order valence-corrected chi connectivity index (χ2v) is 23.8. The van der Waals surface area contributed by atoms with Crippen molar-refractivity contribution in [3.05, 3.63) is 20.6 Å². The maximum absolute atomic E-state index is 2.62. The van der Waals surface area contributed by atoms with Crippen LogP contribution in [0.15, 0.2) is 20.6 Å². The third kappa shape index (κ3) is 3.42. The number of hydrogen-bond donors (Lipinski definition) is 0. The monoisotopic (exact) mass is 354 g/mol. The first-order valence-electron chi connectivity index (χ1n) is 9.32. The first kappa shape index (κ1) is 18.7. The third-order valence-corrected chi connectivity index (χ3v) is 15.2. The minimum atomic E-state index is -1.80. The molecule has 0 aromatic rings. The second kappa shape index (κ2) is 6.05. The fraction of sp³-hybridized carbons (Fsp3) is 0.800. The van der Waals surface area contributed by atoms with Crippen molar-refractivity contribution in [2.45, 2.75) is 93.2 Å². The van der Waals surface area contributed by atoms with Gasteiger partial charge in [0.05, 0.1) is 0 Å². The van der Waals surface area contributed by atoms with Gasteiger partial charge in [-0.3, -0.25) is 0 Å². The van der Waals surface area contributed by atoms with Gasteiger partial charge in [-0.05, 0) is 0 Å². The number of allylic oxidation sites excluding steroid dienone is 4. The predicted molar refractivity (Wildman–Crippen MR) is 101 cm³/mol. The first-order valence-corrected chi connectivity index (χ1v) is 18.0. The van der Waals surface area contributed by atoms with E-state index in [9.17, 15) is 0 Å². The van der Waals surface area contributed by atoms with Crippen molar-refractivity contribution >= 4 is 8.07 Å². The van der Waals surface area contributed by atoms with Gasteiger partial charge in [-0.2, -0.15) is 0 Å². The Bertz CT molecular complexity index is 509. The molecule has 0 spiro atoms. The Hall–Kier alpha value is 0.411. The predicted octanol–water partition coefficient (Wildman–Crippen LogP) is 7.57. The van der Waals surface area contributed by atoms with E-state index in [0.29, 0.717) is 5.04 Å². The summed E-state index contributed by atoms with van der Waals surface area (Å²) in [5.41, 5.74) is 5.63. The van der Waals surface area contributed by atoms with Crippen LogP contribution in [0.4, 0.5) is 0 Å². The quantitative estimate of drug-likeness (QED) is 0.458. The van der Waals surface area contributed by atoms with E-state index in [1.165, 1.54) is 31.7 Å². The summed E-state index contributed by atoms with van der Waals surface area (Å²) >= 11 is -1.80.